The molecule has 2 aliphatic heterocycles. The van der Waals surface area contributed by atoms with E-state index in [4.69, 9.17) is 0 Å². The average Bonchev–Trinajstić information content (AvgIpc) is 2.93. The van der Waals surface area contributed by atoms with Gasteiger partial charge in [-0.05, 0) is 49.3 Å². The van der Waals surface area contributed by atoms with E-state index >= 15 is 0 Å². The summed E-state index contributed by atoms with van der Waals surface area (Å²) in [4.78, 5) is 14.4. The van der Waals surface area contributed by atoms with Crippen molar-refractivity contribution in [3.05, 3.63) is 41.5 Å². The Bertz CT molecular complexity index is 778. The van der Waals surface area contributed by atoms with Crippen LogP contribution < -0.4 is 5.32 Å². The predicted octanol–water partition coefficient (Wildman–Crippen LogP) is 2.80. The number of nitrogens with one attached hydrogen (secondary N) is 1. The van der Waals surface area contributed by atoms with Gasteiger partial charge in [-0.3, -0.25) is 0 Å². The number of phenolic OH excluding ortho intramolecular Hbond substituents is 1. The fourth-order valence-electron chi connectivity index (χ4n) is 4.10. The lowest BCUT2D eigenvalue weighted by atomic mass is 9.89. The van der Waals surface area contributed by atoms with Crippen LogP contribution in [0.5, 0.6) is 5.75 Å². The van der Waals surface area contributed by atoms with Crippen molar-refractivity contribution in [2.75, 3.05) is 13.1 Å². The molecule has 0 spiro atoms. The second-order valence-electron chi connectivity index (χ2n) is 7.51. The lowest BCUT2D eigenvalue weighted by Gasteiger charge is -2.32. The zero-order valence-corrected chi connectivity index (χ0v) is 15.6. The number of carbonyl (C=O) groups is 1. The number of urea groups is 1. The summed E-state index contributed by atoms with van der Waals surface area (Å²) in [5.41, 5.74) is 1.24. The molecule has 4 rings (SSSR count). The van der Waals surface area contributed by atoms with E-state index < -0.39 is 0 Å². The SMILES string of the molecule is O=C(NCc1nnc2n1CCCCC2)N1CCC(c2ccc(O)cc2)CC1. The molecule has 0 aliphatic carbocycles. The summed E-state index contributed by atoms with van der Waals surface area (Å²) in [5.74, 6) is 2.65. The van der Waals surface area contributed by atoms with Crippen LogP contribution >= 0.6 is 0 Å². The molecule has 1 fully saturated rings. The summed E-state index contributed by atoms with van der Waals surface area (Å²) in [6.07, 6.45) is 6.41. The number of phenols is 1. The minimum atomic E-state index is -0.0230. The largest absolute Gasteiger partial charge is 0.508 e. The molecule has 0 unspecified atom stereocenters. The molecule has 2 amide bonds. The molecule has 0 atom stereocenters. The van der Waals surface area contributed by atoms with Crippen molar-refractivity contribution in [3.63, 3.8) is 0 Å². The monoisotopic (exact) mass is 369 g/mol. The highest BCUT2D eigenvalue weighted by Gasteiger charge is 2.24. The number of benzene rings is 1. The number of amides is 2. The molecule has 2 aromatic rings. The minimum Gasteiger partial charge on any atom is -0.508 e. The second-order valence-corrected chi connectivity index (χ2v) is 7.51. The van der Waals surface area contributed by atoms with Gasteiger partial charge >= 0.3 is 6.03 Å². The number of carbonyl (C=O) groups excluding carboxylic acids is 1. The van der Waals surface area contributed by atoms with Crippen molar-refractivity contribution in [3.8, 4) is 5.75 Å². The Morgan fingerprint density at radius 3 is 2.63 bits per heavy atom. The molecule has 3 heterocycles. The third kappa shape index (κ3) is 4.07. The maximum atomic E-state index is 12.5. The molecule has 7 nitrogen and oxygen atoms in total. The van der Waals surface area contributed by atoms with Crippen molar-refractivity contribution >= 4 is 6.03 Å². The summed E-state index contributed by atoms with van der Waals surface area (Å²) in [7, 11) is 0. The van der Waals surface area contributed by atoms with Crippen molar-refractivity contribution in [2.45, 2.75) is 57.5 Å². The fraction of sp³-hybridized carbons (Fsp3) is 0.550. The standard InChI is InChI=1S/C20H27N5O2/c26-17-7-5-15(6-8-17)16-9-12-24(13-10-16)20(27)21-14-19-23-22-18-4-2-1-3-11-25(18)19/h5-8,16,26H,1-4,9-14H2,(H,21,27). The highest BCUT2D eigenvalue weighted by molar-refractivity contribution is 5.74. The van der Waals surface area contributed by atoms with Crippen LogP contribution in [0.2, 0.25) is 0 Å². The van der Waals surface area contributed by atoms with Crippen molar-refractivity contribution in [1.82, 2.24) is 25.0 Å². The molecule has 0 saturated carbocycles. The van der Waals surface area contributed by atoms with E-state index in [9.17, 15) is 9.90 Å². The maximum Gasteiger partial charge on any atom is 0.317 e. The normalized spacial score (nSPS) is 18.0. The first kappa shape index (κ1) is 17.8. The number of likely N-dealkylation sites (tertiary alicyclic amines) is 1. The predicted molar refractivity (Wildman–Crippen MR) is 101 cm³/mol. The van der Waals surface area contributed by atoms with Crippen LogP contribution in [0.3, 0.4) is 0 Å². The van der Waals surface area contributed by atoms with Gasteiger partial charge in [0, 0.05) is 26.1 Å². The molecule has 144 valence electrons. The highest BCUT2D eigenvalue weighted by Crippen LogP contribution is 2.29. The summed E-state index contributed by atoms with van der Waals surface area (Å²) >= 11 is 0. The molecule has 1 aromatic heterocycles. The van der Waals surface area contributed by atoms with Crippen LogP contribution in [0.25, 0.3) is 0 Å². The first-order valence-corrected chi connectivity index (χ1v) is 9.93. The third-order valence-corrected chi connectivity index (χ3v) is 5.73. The van der Waals surface area contributed by atoms with E-state index in [0.29, 0.717) is 18.2 Å². The molecule has 1 saturated heterocycles. The summed E-state index contributed by atoms with van der Waals surface area (Å²) in [6, 6.07) is 7.40. The lowest BCUT2D eigenvalue weighted by molar-refractivity contribution is 0.180. The van der Waals surface area contributed by atoms with Gasteiger partial charge in [0.25, 0.3) is 0 Å². The molecule has 0 bridgehead atoms. The van der Waals surface area contributed by atoms with Gasteiger partial charge in [-0.25, -0.2) is 4.79 Å². The molecule has 2 aliphatic rings. The first-order chi connectivity index (χ1) is 13.2. The molecule has 2 N–H and O–H groups in total. The molecule has 0 radical (unpaired) electrons. The average molecular weight is 369 g/mol. The molecular weight excluding hydrogens is 342 g/mol. The van der Waals surface area contributed by atoms with Gasteiger partial charge in [0.15, 0.2) is 5.82 Å². The zero-order chi connectivity index (χ0) is 18.6. The van der Waals surface area contributed by atoms with Gasteiger partial charge in [-0.2, -0.15) is 0 Å². The Balaban J connectivity index is 1.29. The zero-order valence-electron chi connectivity index (χ0n) is 15.6. The second kappa shape index (κ2) is 7.98. The van der Waals surface area contributed by atoms with Crippen LogP contribution in [-0.2, 0) is 19.5 Å². The Morgan fingerprint density at radius 1 is 1.07 bits per heavy atom. The van der Waals surface area contributed by atoms with E-state index in [-0.39, 0.29) is 6.03 Å². The number of aromatic nitrogens is 3. The highest BCUT2D eigenvalue weighted by atomic mass is 16.3. The van der Waals surface area contributed by atoms with Gasteiger partial charge in [0.05, 0.1) is 6.54 Å². The van der Waals surface area contributed by atoms with Gasteiger partial charge in [0.1, 0.15) is 11.6 Å². The van der Waals surface area contributed by atoms with Crippen molar-refractivity contribution < 1.29 is 9.90 Å². The van der Waals surface area contributed by atoms with E-state index in [2.05, 4.69) is 20.1 Å². The Morgan fingerprint density at radius 2 is 1.85 bits per heavy atom. The summed E-state index contributed by atoms with van der Waals surface area (Å²) < 4.78 is 2.17. The minimum absolute atomic E-state index is 0.0230. The first-order valence-electron chi connectivity index (χ1n) is 9.93. The Kier molecular flexibility index (Phi) is 5.27. The number of rotatable bonds is 3. The van der Waals surface area contributed by atoms with Crippen molar-refractivity contribution in [2.24, 2.45) is 0 Å². The van der Waals surface area contributed by atoms with Gasteiger partial charge in [-0.15, -0.1) is 10.2 Å². The quantitative estimate of drug-likeness (QED) is 0.871. The van der Waals surface area contributed by atoms with Crippen molar-refractivity contribution in [1.29, 1.82) is 0 Å². The third-order valence-electron chi connectivity index (χ3n) is 5.73. The molecule has 1 aromatic carbocycles. The van der Waals surface area contributed by atoms with E-state index in [1.54, 1.807) is 12.1 Å². The lowest BCUT2D eigenvalue weighted by Crippen LogP contribution is -2.44. The number of hydrogen-bond donors (Lipinski definition) is 2. The topological polar surface area (TPSA) is 83.3 Å². The Labute approximate surface area is 159 Å². The Hall–Kier alpha value is -2.57. The molecular formula is C20H27N5O2. The van der Waals surface area contributed by atoms with E-state index in [0.717, 1.165) is 57.0 Å². The number of nitrogens with zero attached hydrogens (tertiary/aromatic N) is 4. The van der Waals surface area contributed by atoms with E-state index in [1.165, 1.54) is 18.4 Å². The van der Waals surface area contributed by atoms with Crippen LogP contribution in [0.15, 0.2) is 24.3 Å². The van der Waals surface area contributed by atoms with Gasteiger partial charge < -0.3 is 19.9 Å². The van der Waals surface area contributed by atoms with E-state index in [1.807, 2.05) is 17.0 Å². The number of hydrogen-bond acceptors (Lipinski definition) is 4. The number of aromatic hydroxyl groups is 1. The summed E-state index contributed by atoms with van der Waals surface area (Å²) in [5, 5.41) is 21.0. The van der Waals surface area contributed by atoms with Crippen LogP contribution in [0.4, 0.5) is 4.79 Å². The van der Waals surface area contributed by atoms with Crippen LogP contribution in [-0.4, -0.2) is 43.9 Å². The molecule has 27 heavy (non-hydrogen) atoms. The van der Waals surface area contributed by atoms with Crippen LogP contribution in [0.1, 0.15) is 55.2 Å². The smallest absolute Gasteiger partial charge is 0.317 e. The number of piperidine rings is 1. The van der Waals surface area contributed by atoms with Gasteiger partial charge in [0.2, 0.25) is 0 Å². The number of aryl methyl sites for hydroxylation is 1. The fourth-order valence-corrected chi connectivity index (χ4v) is 4.10. The van der Waals surface area contributed by atoms with Gasteiger partial charge in [-0.1, -0.05) is 18.6 Å². The van der Waals surface area contributed by atoms with Crippen LogP contribution in [0, 0.1) is 0 Å². The molecule has 7 heteroatoms. The number of fused-ring (bicyclic) bond motifs is 1. The summed E-state index contributed by atoms with van der Waals surface area (Å²) in [6.45, 7) is 2.87. The maximum absolute atomic E-state index is 12.5.